The average Bonchev–Trinajstić information content (AvgIpc) is 2.97. The largest absolute Gasteiger partial charge is 0.497 e. The summed E-state index contributed by atoms with van der Waals surface area (Å²) in [6, 6.07) is 14.3. The molecule has 1 heterocycles. The monoisotopic (exact) mass is 342 g/mol. The second-order valence-corrected chi connectivity index (χ2v) is 5.54. The molecule has 122 valence electrons. The van der Waals surface area contributed by atoms with E-state index < -0.39 is 0 Å². The van der Waals surface area contributed by atoms with Crippen LogP contribution in [0.25, 0.3) is 11.3 Å². The summed E-state index contributed by atoms with van der Waals surface area (Å²) < 4.78 is 10.4. The highest BCUT2D eigenvalue weighted by Gasteiger charge is 2.23. The zero-order valence-electron chi connectivity index (χ0n) is 13.2. The van der Waals surface area contributed by atoms with Crippen molar-refractivity contribution in [2.24, 2.45) is 0 Å². The van der Waals surface area contributed by atoms with E-state index in [1.165, 1.54) is 0 Å². The van der Waals surface area contributed by atoms with Crippen molar-refractivity contribution in [2.45, 2.75) is 6.92 Å². The molecular weight excluding hydrogens is 328 g/mol. The Morgan fingerprint density at radius 1 is 1.21 bits per heavy atom. The molecule has 0 aliphatic heterocycles. The van der Waals surface area contributed by atoms with Crippen molar-refractivity contribution in [3.8, 4) is 17.0 Å². The summed E-state index contributed by atoms with van der Waals surface area (Å²) in [5, 5.41) is 7.33. The Balaban J connectivity index is 1.96. The minimum atomic E-state index is -0.322. The third-order valence-corrected chi connectivity index (χ3v) is 3.88. The first-order valence-corrected chi connectivity index (χ1v) is 7.64. The van der Waals surface area contributed by atoms with Crippen molar-refractivity contribution in [1.29, 1.82) is 0 Å². The normalized spacial score (nSPS) is 10.5. The molecule has 3 aromatic rings. The van der Waals surface area contributed by atoms with E-state index >= 15 is 0 Å². The van der Waals surface area contributed by atoms with Gasteiger partial charge in [-0.25, -0.2) is 0 Å². The van der Waals surface area contributed by atoms with Crippen molar-refractivity contribution >= 4 is 23.2 Å². The van der Waals surface area contributed by atoms with Gasteiger partial charge in [-0.15, -0.1) is 0 Å². The molecule has 2 aromatic carbocycles. The topological polar surface area (TPSA) is 64.4 Å². The molecule has 0 saturated heterocycles. The van der Waals surface area contributed by atoms with Gasteiger partial charge in [0.15, 0.2) is 0 Å². The van der Waals surface area contributed by atoms with Crippen molar-refractivity contribution in [1.82, 2.24) is 5.16 Å². The van der Waals surface area contributed by atoms with E-state index in [-0.39, 0.29) is 5.91 Å². The van der Waals surface area contributed by atoms with Crippen LogP contribution < -0.4 is 10.1 Å². The molecule has 5 nitrogen and oxygen atoms in total. The van der Waals surface area contributed by atoms with Crippen molar-refractivity contribution in [3.05, 3.63) is 64.9 Å². The molecule has 0 bridgehead atoms. The van der Waals surface area contributed by atoms with E-state index in [2.05, 4.69) is 10.5 Å². The van der Waals surface area contributed by atoms with Crippen LogP contribution in [0.15, 0.2) is 53.1 Å². The number of hydrogen-bond acceptors (Lipinski definition) is 4. The molecule has 0 aliphatic carbocycles. The fraction of sp³-hybridized carbons (Fsp3) is 0.111. The highest BCUT2D eigenvalue weighted by atomic mass is 35.5. The molecule has 1 amide bonds. The third kappa shape index (κ3) is 3.12. The van der Waals surface area contributed by atoms with Gasteiger partial charge in [0.2, 0.25) is 0 Å². The highest BCUT2D eigenvalue weighted by Crippen LogP contribution is 2.31. The van der Waals surface area contributed by atoms with Crippen LogP contribution in [0.3, 0.4) is 0 Å². The highest BCUT2D eigenvalue weighted by molar-refractivity contribution is 6.33. The standard InChI is InChI=1S/C18H15ClN2O3/c1-11-16(17(21-24-11)14-8-3-4-9-15(14)19)18(22)20-12-6-5-7-13(10-12)23-2/h3-10H,1-2H3,(H,20,22). The van der Waals surface area contributed by atoms with Gasteiger partial charge in [0, 0.05) is 17.3 Å². The first-order chi connectivity index (χ1) is 11.6. The fourth-order valence-corrected chi connectivity index (χ4v) is 2.60. The Morgan fingerprint density at radius 3 is 2.75 bits per heavy atom. The summed E-state index contributed by atoms with van der Waals surface area (Å²) >= 11 is 6.21. The number of hydrogen-bond donors (Lipinski definition) is 1. The first-order valence-electron chi connectivity index (χ1n) is 7.26. The molecule has 0 fully saturated rings. The summed E-state index contributed by atoms with van der Waals surface area (Å²) in [7, 11) is 1.57. The molecule has 0 saturated carbocycles. The number of anilines is 1. The third-order valence-electron chi connectivity index (χ3n) is 3.55. The molecule has 0 radical (unpaired) electrons. The number of ether oxygens (including phenoxy) is 1. The van der Waals surface area contributed by atoms with Crippen LogP contribution >= 0.6 is 11.6 Å². The number of aromatic nitrogens is 1. The molecule has 3 rings (SSSR count). The molecular formula is C18H15ClN2O3. The minimum absolute atomic E-state index is 0.322. The molecule has 1 aromatic heterocycles. The summed E-state index contributed by atoms with van der Waals surface area (Å²) in [6.45, 7) is 1.69. The number of carbonyl (C=O) groups is 1. The average molecular weight is 343 g/mol. The summed E-state index contributed by atoms with van der Waals surface area (Å²) in [4.78, 5) is 12.7. The number of aryl methyl sites for hydroxylation is 1. The van der Waals surface area contributed by atoms with E-state index in [0.29, 0.717) is 39.0 Å². The van der Waals surface area contributed by atoms with Crippen LogP contribution in [0.1, 0.15) is 16.1 Å². The number of halogens is 1. The van der Waals surface area contributed by atoms with Crippen LogP contribution in [0, 0.1) is 6.92 Å². The maximum atomic E-state index is 12.7. The Morgan fingerprint density at radius 2 is 2.00 bits per heavy atom. The molecule has 24 heavy (non-hydrogen) atoms. The number of nitrogens with zero attached hydrogens (tertiary/aromatic N) is 1. The van der Waals surface area contributed by atoms with Gasteiger partial charge in [0.05, 0.1) is 12.1 Å². The maximum Gasteiger partial charge on any atom is 0.261 e. The van der Waals surface area contributed by atoms with E-state index in [0.717, 1.165) is 0 Å². The Kier molecular flexibility index (Phi) is 4.53. The van der Waals surface area contributed by atoms with Gasteiger partial charge < -0.3 is 14.6 Å². The van der Waals surface area contributed by atoms with Gasteiger partial charge in [0.25, 0.3) is 5.91 Å². The lowest BCUT2D eigenvalue weighted by atomic mass is 10.1. The van der Waals surface area contributed by atoms with E-state index in [4.69, 9.17) is 20.9 Å². The fourth-order valence-electron chi connectivity index (χ4n) is 2.37. The van der Waals surface area contributed by atoms with Gasteiger partial charge >= 0.3 is 0 Å². The molecule has 0 spiro atoms. The summed E-state index contributed by atoms with van der Waals surface area (Å²) in [5.74, 6) is 0.753. The second kappa shape index (κ2) is 6.76. The van der Waals surface area contributed by atoms with E-state index in [1.807, 2.05) is 12.1 Å². The maximum absolute atomic E-state index is 12.7. The molecule has 0 unspecified atom stereocenters. The lowest BCUT2D eigenvalue weighted by Gasteiger charge is -2.08. The van der Waals surface area contributed by atoms with Crippen molar-refractivity contribution in [3.63, 3.8) is 0 Å². The molecule has 0 aliphatic rings. The predicted molar refractivity (Wildman–Crippen MR) is 92.6 cm³/mol. The zero-order valence-corrected chi connectivity index (χ0v) is 13.9. The first kappa shape index (κ1) is 16.1. The number of amides is 1. The smallest absolute Gasteiger partial charge is 0.261 e. The SMILES string of the molecule is COc1cccc(NC(=O)c2c(-c3ccccc3Cl)noc2C)c1. The zero-order chi connectivity index (χ0) is 17.1. The van der Waals surface area contributed by atoms with E-state index in [9.17, 15) is 4.79 Å². The minimum Gasteiger partial charge on any atom is -0.497 e. The van der Waals surface area contributed by atoms with Crippen LogP contribution in [0.5, 0.6) is 5.75 Å². The van der Waals surface area contributed by atoms with Crippen LogP contribution in [0.2, 0.25) is 5.02 Å². The van der Waals surface area contributed by atoms with Crippen LogP contribution in [-0.4, -0.2) is 18.2 Å². The molecule has 6 heteroatoms. The summed E-state index contributed by atoms with van der Waals surface area (Å²) in [6.07, 6.45) is 0. The van der Waals surface area contributed by atoms with Crippen molar-refractivity contribution in [2.75, 3.05) is 12.4 Å². The number of methoxy groups -OCH3 is 1. The number of benzene rings is 2. The lowest BCUT2D eigenvalue weighted by Crippen LogP contribution is -2.13. The molecule has 1 N–H and O–H groups in total. The summed E-state index contributed by atoms with van der Waals surface area (Å²) in [5.41, 5.74) is 2.03. The second-order valence-electron chi connectivity index (χ2n) is 5.13. The van der Waals surface area contributed by atoms with Crippen LogP contribution in [0.4, 0.5) is 5.69 Å². The molecule has 0 atom stereocenters. The van der Waals surface area contributed by atoms with Gasteiger partial charge in [-0.1, -0.05) is 41.0 Å². The number of nitrogens with one attached hydrogen (secondary N) is 1. The van der Waals surface area contributed by atoms with Gasteiger partial charge in [-0.3, -0.25) is 4.79 Å². The Labute approximate surface area is 144 Å². The van der Waals surface area contributed by atoms with Gasteiger partial charge in [0.1, 0.15) is 22.8 Å². The number of carbonyl (C=O) groups excluding carboxylic acids is 1. The predicted octanol–water partition coefficient (Wildman–Crippen LogP) is 4.56. The van der Waals surface area contributed by atoms with Gasteiger partial charge in [-0.2, -0.15) is 0 Å². The lowest BCUT2D eigenvalue weighted by molar-refractivity contribution is 0.102. The van der Waals surface area contributed by atoms with E-state index in [1.54, 1.807) is 50.4 Å². The quantitative estimate of drug-likeness (QED) is 0.754. The van der Waals surface area contributed by atoms with Crippen LogP contribution in [-0.2, 0) is 0 Å². The Bertz CT molecular complexity index is 889. The van der Waals surface area contributed by atoms with Crippen molar-refractivity contribution < 1.29 is 14.1 Å². The Hall–Kier alpha value is -2.79. The van der Waals surface area contributed by atoms with Gasteiger partial charge in [-0.05, 0) is 25.1 Å². The number of rotatable bonds is 4.